The van der Waals surface area contributed by atoms with Gasteiger partial charge in [0.25, 0.3) is 11.4 Å². The highest BCUT2D eigenvalue weighted by Crippen LogP contribution is 2.46. The number of aromatic nitrogens is 4. The molecule has 2 fully saturated rings. The molecule has 236 valence electrons. The van der Waals surface area contributed by atoms with Gasteiger partial charge in [0.2, 0.25) is 5.95 Å². The molecule has 2 aliphatic rings. The molecule has 44 heavy (non-hydrogen) atoms. The average molecular weight is 632 g/mol. The number of hydrogen-bond acceptors (Lipinski definition) is 12. The van der Waals surface area contributed by atoms with E-state index in [1.54, 1.807) is 13.8 Å². The summed E-state index contributed by atoms with van der Waals surface area (Å²) in [5.74, 6) is -3.52. The minimum atomic E-state index is -2.72. The summed E-state index contributed by atoms with van der Waals surface area (Å²) in [6.45, 7) is 7.22. The van der Waals surface area contributed by atoms with E-state index in [9.17, 15) is 24.4 Å². The number of nitrogens with one attached hydrogen (secondary N) is 2. The number of imidazole rings is 1. The minimum absolute atomic E-state index is 0.0489. The van der Waals surface area contributed by atoms with Gasteiger partial charge in [-0.3, -0.25) is 14.6 Å². The summed E-state index contributed by atoms with van der Waals surface area (Å²) >= 11 is 0. The molecule has 8 atom stereocenters. The van der Waals surface area contributed by atoms with E-state index in [0.717, 1.165) is 5.56 Å². The second-order valence-corrected chi connectivity index (χ2v) is 12.4. The molecular formula is C28H36N6O9P+. The van der Waals surface area contributed by atoms with Crippen molar-refractivity contribution in [2.45, 2.75) is 69.4 Å². The van der Waals surface area contributed by atoms with Crippen molar-refractivity contribution in [3.8, 4) is 0 Å². The van der Waals surface area contributed by atoms with Crippen molar-refractivity contribution in [3.05, 3.63) is 64.7 Å². The molecule has 1 saturated carbocycles. The van der Waals surface area contributed by atoms with Crippen LogP contribution in [-0.4, -0.2) is 85.6 Å². The number of aliphatic hydroxyl groups excluding tert-OH is 2. The number of nitrogens with two attached hydrogens (primary N) is 1. The van der Waals surface area contributed by atoms with Crippen LogP contribution >= 0.6 is 7.95 Å². The number of aromatic amines is 1. The van der Waals surface area contributed by atoms with Crippen molar-refractivity contribution in [2.75, 3.05) is 18.9 Å². The average Bonchev–Trinajstić information content (AvgIpc) is 3.67. The number of benzene rings is 1. The van der Waals surface area contributed by atoms with Gasteiger partial charge in [-0.1, -0.05) is 42.0 Å². The van der Waals surface area contributed by atoms with E-state index >= 15 is 0 Å². The van der Waals surface area contributed by atoms with Crippen LogP contribution in [0.2, 0.25) is 0 Å². The summed E-state index contributed by atoms with van der Waals surface area (Å²) in [6.07, 6.45) is -0.962. The number of aliphatic hydroxyl groups is 2. The first-order chi connectivity index (χ1) is 21.0. The Morgan fingerprint density at radius 1 is 1.34 bits per heavy atom. The molecule has 2 aromatic heterocycles. The fraction of sp³-hybridized carbons (Fsp3) is 0.500. The standard InChI is InChI=1S/C28H35N6O9P/c1-14(2)42-26(37)17(11-40-21-12-41-20(43-21)9-16-7-5-4-6-8-16)33-44(39)27(38)22-15(3)18(10-19(22)35)34-13-30-23-24(34)31-28(29)32-25(23)36/h4-8,13-14,17-22,27,35,38H,3,9-12H2,1-2H3,(H3-,29,31,32,33,36,39)/p+1/t17?,18-,19-,20?,21?,22+,27?/m0/s1. The molecule has 15 nitrogen and oxygen atoms in total. The molecule has 0 amide bonds. The maximum atomic E-state index is 13.4. The summed E-state index contributed by atoms with van der Waals surface area (Å²) in [7, 11) is -2.72. The Balaban J connectivity index is 1.23. The van der Waals surface area contributed by atoms with Gasteiger partial charge in [0.1, 0.15) is 6.61 Å². The van der Waals surface area contributed by atoms with Crippen molar-refractivity contribution < 1.29 is 38.5 Å². The summed E-state index contributed by atoms with van der Waals surface area (Å²) < 4.78 is 37.5. The molecule has 5 unspecified atom stereocenters. The summed E-state index contributed by atoms with van der Waals surface area (Å²) in [5, 5.41) is 24.6. The van der Waals surface area contributed by atoms with Crippen molar-refractivity contribution in [3.63, 3.8) is 0 Å². The molecule has 0 bridgehead atoms. The first kappa shape index (κ1) is 31.9. The Hall–Kier alpha value is -3.56. The quantitative estimate of drug-likeness (QED) is 0.108. The Morgan fingerprint density at radius 3 is 2.82 bits per heavy atom. The molecular weight excluding hydrogens is 595 g/mol. The van der Waals surface area contributed by atoms with Gasteiger partial charge in [0.15, 0.2) is 29.8 Å². The first-order valence-electron chi connectivity index (χ1n) is 14.1. The number of anilines is 1. The SMILES string of the molecule is C=C1[C@@H](C(O)[P+](=O)NC(COC2COC(Cc3ccccc3)O2)C(=O)OC(C)C)[C@@H](O)C[C@@H]1n1cnc2c(=O)[nH]c(N)nc21. The Labute approximate surface area is 253 Å². The number of carbonyl (C=O) groups is 1. The van der Waals surface area contributed by atoms with Crippen LogP contribution in [0.25, 0.3) is 11.2 Å². The van der Waals surface area contributed by atoms with E-state index in [1.165, 1.54) is 10.9 Å². The van der Waals surface area contributed by atoms with Crippen LogP contribution < -0.4 is 16.4 Å². The van der Waals surface area contributed by atoms with Gasteiger partial charge in [-0.05, 0) is 36.0 Å². The Bertz CT molecular complexity index is 1560. The molecule has 1 aromatic carbocycles. The topological polar surface area (TPSA) is 213 Å². The molecule has 1 aliphatic carbocycles. The number of esters is 1. The molecule has 0 radical (unpaired) electrons. The number of H-pyrrole nitrogens is 1. The van der Waals surface area contributed by atoms with Gasteiger partial charge in [-0.25, -0.2) is 4.98 Å². The van der Waals surface area contributed by atoms with Crippen LogP contribution in [0.1, 0.15) is 31.9 Å². The fourth-order valence-electron chi connectivity index (χ4n) is 5.34. The van der Waals surface area contributed by atoms with E-state index in [2.05, 4.69) is 26.6 Å². The number of ether oxygens (including phenoxy) is 4. The number of nitrogen functional groups attached to an aromatic ring is 1. The highest BCUT2D eigenvalue weighted by molar-refractivity contribution is 7.43. The predicted octanol–water partition coefficient (Wildman–Crippen LogP) is 1.11. The van der Waals surface area contributed by atoms with Crippen molar-refractivity contribution in [2.24, 2.45) is 5.92 Å². The summed E-state index contributed by atoms with van der Waals surface area (Å²) in [5.41, 5.74) is 6.77. The lowest BCUT2D eigenvalue weighted by atomic mass is 10.0. The third-order valence-electron chi connectivity index (χ3n) is 7.42. The maximum absolute atomic E-state index is 13.4. The smallest absolute Gasteiger partial charge is 0.462 e. The number of nitrogens with zero attached hydrogens (tertiary/aromatic N) is 3. The zero-order chi connectivity index (χ0) is 31.5. The lowest BCUT2D eigenvalue weighted by molar-refractivity contribution is -0.161. The second-order valence-electron chi connectivity index (χ2n) is 11.0. The van der Waals surface area contributed by atoms with Crippen LogP contribution in [0.4, 0.5) is 5.95 Å². The van der Waals surface area contributed by atoms with E-state index in [4.69, 9.17) is 24.7 Å². The van der Waals surface area contributed by atoms with Crippen LogP contribution in [0.5, 0.6) is 0 Å². The largest absolute Gasteiger partial charge is 0.465 e. The number of fused-ring (bicyclic) bond motifs is 1. The van der Waals surface area contributed by atoms with Gasteiger partial charge >= 0.3 is 13.9 Å². The van der Waals surface area contributed by atoms with E-state index in [0.29, 0.717) is 12.0 Å². The van der Waals surface area contributed by atoms with Crippen LogP contribution in [0.3, 0.4) is 0 Å². The van der Waals surface area contributed by atoms with E-state index in [1.807, 2.05) is 30.3 Å². The zero-order valence-electron chi connectivity index (χ0n) is 24.2. The van der Waals surface area contributed by atoms with Gasteiger partial charge in [0, 0.05) is 6.42 Å². The second kappa shape index (κ2) is 13.6. The third-order valence-corrected chi connectivity index (χ3v) is 8.79. The fourth-order valence-corrected chi connectivity index (χ4v) is 6.66. The number of carbonyl (C=O) groups excluding carboxylic acids is 1. The molecule has 1 saturated heterocycles. The molecule has 6 N–H and O–H groups in total. The van der Waals surface area contributed by atoms with Crippen LogP contribution in [-0.2, 0) is 34.7 Å². The normalized spacial score (nSPS) is 25.4. The van der Waals surface area contributed by atoms with Crippen molar-refractivity contribution in [1.82, 2.24) is 24.6 Å². The minimum Gasteiger partial charge on any atom is -0.462 e. The Morgan fingerprint density at radius 2 is 2.09 bits per heavy atom. The molecule has 0 spiro atoms. The molecule has 5 rings (SSSR count). The van der Waals surface area contributed by atoms with Crippen molar-refractivity contribution in [1.29, 1.82) is 0 Å². The lowest BCUT2D eigenvalue weighted by Crippen LogP contribution is -2.42. The van der Waals surface area contributed by atoms with Gasteiger partial charge < -0.3 is 39.5 Å². The van der Waals surface area contributed by atoms with E-state index in [-0.39, 0.29) is 36.7 Å². The Kier molecular flexibility index (Phi) is 9.85. The summed E-state index contributed by atoms with van der Waals surface area (Å²) in [6, 6.07) is 7.80. The molecule has 16 heteroatoms. The van der Waals surface area contributed by atoms with E-state index < -0.39 is 68.1 Å². The summed E-state index contributed by atoms with van der Waals surface area (Å²) in [4.78, 5) is 35.7. The van der Waals surface area contributed by atoms with Gasteiger partial charge in [-0.15, -0.1) is 0 Å². The lowest BCUT2D eigenvalue weighted by Gasteiger charge is -2.20. The monoisotopic (exact) mass is 631 g/mol. The molecule has 3 heterocycles. The number of rotatable bonds is 12. The highest BCUT2D eigenvalue weighted by Gasteiger charge is 2.51. The molecule has 3 aromatic rings. The van der Waals surface area contributed by atoms with Crippen LogP contribution in [0, 0.1) is 5.92 Å². The maximum Gasteiger partial charge on any atom is 0.465 e. The highest BCUT2D eigenvalue weighted by atomic mass is 31.1. The number of hydrogen-bond donors (Lipinski definition) is 5. The zero-order valence-corrected chi connectivity index (χ0v) is 25.1. The van der Waals surface area contributed by atoms with Crippen LogP contribution in [0.15, 0.2) is 53.6 Å². The predicted molar refractivity (Wildman–Crippen MR) is 157 cm³/mol. The third kappa shape index (κ3) is 7.05. The van der Waals surface area contributed by atoms with Gasteiger partial charge in [-0.2, -0.15) is 4.98 Å². The van der Waals surface area contributed by atoms with Gasteiger partial charge in [0.05, 0.1) is 37.1 Å². The van der Waals surface area contributed by atoms with Crippen molar-refractivity contribution >= 4 is 31.0 Å². The first-order valence-corrected chi connectivity index (χ1v) is 15.5. The molecule has 1 aliphatic heterocycles.